The van der Waals surface area contributed by atoms with Crippen LogP contribution in [0.5, 0.6) is 0 Å². The number of pyridine rings is 1. The standard InChI is InChI=1S/C25H29ClN4O2/c1-17-12-20(14-21(26)13-17)18-6-10-30(11-7-18)9-3-4-22-16-28-24(29(22)2)23-15-19(25(31)32)5-8-27-23/h5,8,12-16,18H,3-4,6-7,9-11H2,1-2H3,(H,31,32). The number of piperidine rings is 1. The Morgan fingerprint density at radius 2 is 1.97 bits per heavy atom. The largest absolute Gasteiger partial charge is 0.478 e. The molecular formula is C25H29ClN4O2. The van der Waals surface area contributed by atoms with E-state index in [9.17, 15) is 9.90 Å². The van der Waals surface area contributed by atoms with Gasteiger partial charge in [0.1, 0.15) is 5.69 Å². The summed E-state index contributed by atoms with van der Waals surface area (Å²) in [5, 5.41) is 10.0. The van der Waals surface area contributed by atoms with Gasteiger partial charge in [0, 0.05) is 30.2 Å². The van der Waals surface area contributed by atoms with E-state index in [2.05, 4.69) is 33.9 Å². The van der Waals surface area contributed by atoms with Gasteiger partial charge < -0.3 is 14.6 Å². The molecule has 0 radical (unpaired) electrons. The van der Waals surface area contributed by atoms with Gasteiger partial charge in [0.05, 0.1) is 5.56 Å². The summed E-state index contributed by atoms with van der Waals surface area (Å²) in [5.41, 5.74) is 4.53. The molecule has 3 heterocycles. The number of aromatic carboxylic acids is 1. The monoisotopic (exact) mass is 452 g/mol. The molecule has 1 aliphatic heterocycles. The number of likely N-dealkylation sites (tertiary alicyclic amines) is 1. The number of hydrogen-bond donors (Lipinski definition) is 1. The van der Waals surface area contributed by atoms with Crippen molar-refractivity contribution < 1.29 is 9.90 Å². The molecule has 2 aromatic heterocycles. The van der Waals surface area contributed by atoms with Crippen LogP contribution in [0.2, 0.25) is 5.02 Å². The molecule has 0 amide bonds. The van der Waals surface area contributed by atoms with Crippen LogP contribution in [0.15, 0.2) is 42.7 Å². The van der Waals surface area contributed by atoms with Crippen molar-refractivity contribution in [3.63, 3.8) is 0 Å². The highest BCUT2D eigenvalue weighted by molar-refractivity contribution is 6.30. The zero-order valence-electron chi connectivity index (χ0n) is 18.6. The summed E-state index contributed by atoms with van der Waals surface area (Å²) in [5.74, 6) is 0.329. The fourth-order valence-corrected chi connectivity index (χ4v) is 4.87. The Labute approximate surface area is 193 Å². The number of benzene rings is 1. The van der Waals surface area contributed by atoms with Crippen LogP contribution in [-0.4, -0.2) is 50.1 Å². The number of carboxylic acids is 1. The Morgan fingerprint density at radius 1 is 1.19 bits per heavy atom. The van der Waals surface area contributed by atoms with E-state index in [1.807, 2.05) is 23.9 Å². The third kappa shape index (κ3) is 5.19. The van der Waals surface area contributed by atoms with Crippen LogP contribution in [-0.2, 0) is 13.5 Å². The molecule has 0 atom stereocenters. The SMILES string of the molecule is Cc1cc(Cl)cc(C2CCN(CCCc3cnc(-c4cc(C(=O)O)ccn4)n3C)CC2)c1. The molecule has 3 aromatic rings. The lowest BCUT2D eigenvalue weighted by Gasteiger charge is -2.32. The summed E-state index contributed by atoms with van der Waals surface area (Å²) in [6.07, 6.45) is 7.71. The van der Waals surface area contributed by atoms with E-state index >= 15 is 0 Å². The Balaban J connectivity index is 1.29. The summed E-state index contributed by atoms with van der Waals surface area (Å²) in [6, 6.07) is 9.47. The smallest absolute Gasteiger partial charge is 0.335 e. The van der Waals surface area contributed by atoms with Gasteiger partial charge in [-0.1, -0.05) is 17.7 Å². The maximum atomic E-state index is 11.2. The second-order valence-corrected chi connectivity index (χ2v) is 9.08. The van der Waals surface area contributed by atoms with Crippen molar-refractivity contribution in [1.82, 2.24) is 19.4 Å². The van der Waals surface area contributed by atoms with Gasteiger partial charge in [-0.25, -0.2) is 9.78 Å². The fourth-order valence-electron chi connectivity index (χ4n) is 4.57. The van der Waals surface area contributed by atoms with E-state index in [0.717, 1.165) is 43.2 Å². The summed E-state index contributed by atoms with van der Waals surface area (Å²) >= 11 is 6.25. The molecule has 0 bridgehead atoms. The van der Waals surface area contributed by atoms with E-state index in [1.165, 1.54) is 36.2 Å². The number of aryl methyl sites for hydroxylation is 2. The molecule has 1 N–H and O–H groups in total. The summed E-state index contributed by atoms with van der Waals surface area (Å²) in [4.78, 5) is 22.6. The van der Waals surface area contributed by atoms with Crippen molar-refractivity contribution in [3.8, 4) is 11.5 Å². The zero-order chi connectivity index (χ0) is 22.7. The van der Waals surface area contributed by atoms with Crippen LogP contribution < -0.4 is 0 Å². The molecule has 7 heteroatoms. The van der Waals surface area contributed by atoms with Gasteiger partial charge >= 0.3 is 5.97 Å². The molecule has 0 unspecified atom stereocenters. The van der Waals surface area contributed by atoms with E-state index in [1.54, 1.807) is 6.07 Å². The molecule has 0 aliphatic carbocycles. The number of rotatable bonds is 7. The Morgan fingerprint density at radius 3 is 2.69 bits per heavy atom. The van der Waals surface area contributed by atoms with E-state index in [-0.39, 0.29) is 5.56 Å². The van der Waals surface area contributed by atoms with E-state index < -0.39 is 5.97 Å². The zero-order valence-corrected chi connectivity index (χ0v) is 19.3. The molecule has 6 nitrogen and oxygen atoms in total. The fraction of sp³-hybridized carbons (Fsp3) is 0.400. The minimum atomic E-state index is -0.961. The molecule has 0 saturated carbocycles. The van der Waals surface area contributed by atoms with Crippen LogP contribution >= 0.6 is 11.6 Å². The number of hydrogen-bond acceptors (Lipinski definition) is 4. The molecule has 1 fully saturated rings. The van der Waals surface area contributed by atoms with Crippen LogP contribution in [0.3, 0.4) is 0 Å². The lowest BCUT2D eigenvalue weighted by molar-refractivity contribution is 0.0697. The molecule has 1 saturated heterocycles. The molecule has 168 valence electrons. The van der Waals surface area contributed by atoms with Gasteiger partial charge in [-0.15, -0.1) is 0 Å². The Hall–Kier alpha value is -2.70. The predicted molar refractivity (Wildman–Crippen MR) is 126 cm³/mol. The topological polar surface area (TPSA) is 71.2 Å². The average Bonchev–Trinajstić information content (AvgIpc) is 3.14. The number of carboxylic acid groups (broad SMARTS) is 1. The highest BCUT2D eigenvalue weighted by atomic mass is 35.5. The van der Waals surface area contributed by atoms with Gasteiger partial charge in [0.25, 0.3) is 0 Å². The summed E-state index contributed by atoms with van der Waals surface area (Å²) in [7, 11) is 1.96. The van der Waals surface area contributed by atoms with E-state index in [4.69, 9.17) is 11.6 Å². The number of carbonyl (C=O) groups is 1. The first-order valence-electron chi connectivity index (χ1n) is 11.1. The van der Waals surface area contributed by atoms with Crippen molar-refractivity contribution in [1.29, 1.82) is 0 Å². The number of imidazole rings is 1. The van der Waals surface area contributed by atoms with Crippen LogP contribution in [0, 0.1) is 6.92 Å². The van der Waals surface area contributed by atoms with Crippen molar-refractivity contribution in [2.75, 3.05) is 19.6 Å². The highest BCUT2D eigenvalue weighted by Crippen LogP contribution is 2.30. The van der Waals surface area contributed by atoms with Crippen LogP contribution in [0.25, 0.3) is 11.5 Å². The summed E-state index contributed by atoms with van der Waals surface area (Å²) < 4.78 is 2.02. The van der Waals surface area contributed by atoms with Crippen molar-refractivity contribution in [3.05, 3.63) is 70.1 Å². The molecule has 0 spiro atoms. The van der Waals surface area contributed by atoms with Crippen LogP contribution in [0.1, 0.15) is 52.4 Å². The maximum absolute atomic E-state index is 11.2. The van der Waals surface area contributed by atoms with Crippen molar-refractivity contribution in [2.45, 2.75) is 38.5 Å². The van der Waals surface area contributed by atoms with Gasteiger partial charge in [-0.05, 0) is 93.6 Å². The lowest BCUT2D eigenvalue weighted by Crippen LogP contribution is -2.34. The first-order valence-corrected chi connectivity index (χ1v) is 11.5. The first kappa shape index (κ1) is 22.5. The van der Waals surface area contributed by atoms with E-state index in [0.29, 0.717) is 17.4 Å². The normalized spacial score (nSPS) is 15.2. The highest BCUT2D eigenvalue weighted by Gasteiger charge is 2.21. The second kappa shape index (κ2) is 9.84. The first-order chi connectivity index (χ1) is 15.4. The molecule has 32 heavy (non-hydrogen) atoms. The van der Waals surface area contributed by atoms with Gasteiger partial charge in [-0.3, -0.25) is 4.98 Å². The molecular weight excluding hydrogens is 424 g/mol. The molecule has 1 aliphatic rings. The third-order valence-electron chi connectivity index (χ3n) is 6.35. The Kier molecular flexibility index (Phi) is 6.92. The number of nitrogens with zero attached hydrogens (tertiary/aromatic N) is 4. The van der Waals surface area contributed by atoms with Crippen molar-refractivity contribution in [2.24, 2.45) is 7.05 Å². The minimum Gasteiger partial charge on any atom is -0.478 e. The molecule has 1 aromatic carbocycles. The predicted octanol–water partition coefficient (Wildman–Crippen LogP) is 4.95. The molecule has 4 rings (SSSR count). The summed E-state index contributed by atoms with van der Waals surface area (Å²) in [6.45, 7) is 5.39. The minimum absolute atomic E-state index is 0.218. The Bertz CT molecular complexity index is 1080. The third-order valence-corrected chi connectivity index (χ3v) is 6.57. The number of aromatic nitrogens is 3. The number of halogens is 1. The van der Waals surface area contributed by atoms with Gasteiger partial charge in [0.2, 0.25) is 0 Å². The maximum Gasteiger partial charge on any atom is 0.335 e. The van der Waals surface area contributed by atoms with Crippen LogP contribution in [0.4, 0.5) is 0 Å². The van der Waals surface area contributed by atoms with Crippen molar-refractivity contribution >= 4 is 17.6 Å². The lowest BCUT2D eigenvalue weighted by atomic mass is 9.88. The van der Waals surface area contributed by atoms with Gasteiger partial charge in [-0.2, -0.15) is 0 Å². The average molecular weight is 453 g/mol. The van der Waals surface area contributed by atoms with Gasteiger partial charge in [0.15, 0.2) is 5.82 Å². The second-order valence-electron chi connectivity index (χ2n) is 8.65. The quantitative estimate of drug-likeness (QED) is 0.548.